The maximum absolute atomic E-state index is 6.29. The molecular formula is C14H18BrNO2. The van der Waals surface area contributed by atoms with Crippen molar-refractivity contribution in [1.82, 2.24) is 5.32 Å². The van der Waals surface area contributed by atoms with Gasteiger partial charge in [-0.25, -0.2) is 0 Å². The Kier molecular flexibility index (Phi) is 3.12. The molecule has 0 amide bonds. The van der Waals surface area contributed by atoms with Gasteiger partial charge in [-0.05, 0) is 32.2 Å². The Hall–Kier alpha value is -0.580. The highest BCUT2D eigenvalue weighted by Crippen LogP contribution is 2.46. The van der Waals surface area contributed by atoms with E-state index in [1.165, 1.54) is 5.56 Å². The van der Waals surface area contributed by atoms with Crippen LogP contribution in [0.25, 0.3) is 0 Å². The second kappa shape index (κ2) is 4.51. The van der Waals surface area contributed by atoms with Gasteiger partial charge in [0.2, 0.25) is 0 Å². The van der Waals surface area contributed by atoms with Crippen molar-refractivity contribution < 1.29 is 9.47 Å². The predicted octanol–water partition coefficient (Wildman–Crippen LogP) is 3.04. The van der Waals surface area contributed by atoms with Gasteiger partial charge >= 0.3 is 0 Å². The molecular weight excluding hydrogens is 294 g/mol. The van der Waals surface area contributed by atoms with Crippen LogP contribution in [-0.4, -0.2) is 25.4 Å². The van der Waals surface area contributed by atoms with E-state index in [0.717, 1.165) is 29.7 Å². The minimum Gasteiger partial charge on any atom is -0.484 e. The van der Waals surface area contributed by atoms with Crippen LogP contribution in [0.1, 0.15) is 31.4 Å². The Morgan fingerprint density at radius 3 is 2.94 bits per heavy atom. The normalized spacial score (nSPS) is 34.4. The number of hydrogen-bond donors (Lipinski definition) is 1. The number of benzene rings is 1. The molecule has 98 valence electrons. The van der Waals surface area contributed by atoms with Crippen molar-refractivity contribution in [1.29, 1.82) is 0 Å². The van der Waals surface area contributed by atoms with Crippen molar-refractivity contribution in [3.8, 4) is 5.75 Å². The van der Waals surface area contributed by atoms with Crippen LogP contribution < -0.4 is 10.1 Å². The lowest BCUT2D eigenvalue weighted by atomic mass is 9.83. The van der Waals surface area contributed by atoms with E-state index in [0.29, 0.717) is 6.04 Å². The summed E-state index contributed by atoms with van der Waals surface area (Å²) < 4.78 is 13.1. The molecule has 3 atom stereocenters. The Bertz CT molecular complexity index is 465. The van der Waals surface area contributed by atoms with Crippen LogP contribution in [0.15, 0.2) is 22.7 Å². The number of halogens is 1. The van der Waals surface area contributed by atoms with Gasteiger partial charge in [0.25, 0.3) is 0 Å². The molecule has 1 fully saturated rings. The first-order chi connectivity index (χ1) is 8.64. The molecule has 1 aromatic carbocycles. The number of fused-ring (bicyclic) bond motifs is 1. The minimum absolute atomic E-state index is 0.158. The molecule has 0 saturated carbocycles. The highest BCUT2D eigenvalue weighted by molar-refractivity contribution is 9.10. The summed E-state index contributed by atoms with van der Waals surface area (Å²) in [6.45, 7) is 2.91. The van der Waals surface area contributed by atoms with Gasteiger partial charge in [-0.15, -0.1) is 0 Å². The molecule has 2 aliphatic rings. The van der Waals surface area contributed by atoms with Gasteiger partial charge in [0, 0.05) is 28.9 Å². The fraction of sp³-hybridized carbons (Fsp3) is 0.571. The summed E-state index contributed by atoms with van der Waals surface area (Å²) in [5.41, 5.74) is 1.07. The molecule has 1 N–H and O–H groups in total. The average molecular weight is 312 g/mol. The third-order valence-corrected chi connectivity index (χ3v) is 4.69. The maximum Gasteiger partial charge on any atom is 0.139 e. The first-order valence-electron chi connectivity index (χ1n) is 6.42. The number of ether oxygens (including phenoxy) is 2. The summed E-state index contributed by atoms with van der Waals surface area (Å²) in [6, 6.07) is 6.56. The van der Waals surface area contributed by atoms with Gasteiger partial charge in [-0.3, -0.25) is 0 Å². The monoisotopic (exact) mass is 311 g/mol. The molecule has 2 aliphatic heterocycles. The van der Waals surface area contributed by atoms with E-state index < -0.39 is 0 Å². The smallest absolute Gasteiger partial charge is 0.139 e. The van der Waals surface area contributed by atoms with Crippen LogP contribution in [0.4, 0.5) is 0 Å². The number of nitrogens with one attached hydrogen (secondary N) is 1. The molecule has 1 saturated heterocycles. The van der Waals surface area contributed by atoms with E-state index in [2.05, 4.69) is 40.3 Å². The van der Waals surface area contributed by atoms with Crippen LogP contribution in [-0.2, 0) is 4.74 Å². The second-order valence-corrected chi connectivity index (χ2v) is 6.07. The highest BCUT2D eigenvalue weighted by atomic mass is 79.9. The van der Waals surface area contributed by atoms with E-state index in [4.69, 9.17) is 9.47 Å². The standard InChI is InChI=1S/C14H18BrNO2/c1-9-14(5-6-17-9)8-12(16-2)11-7-10(15)3-4-13(11)18-14/h3-4,7,9,12,16H,5-6,8H2,1-2H3. The first-order valence-corrected chi connectivity index (χ1v) is 7.21. The summed E-state index contributed by atoms with van der Waals surface area (Å²) in [5.74, 6) is 0.987. The van der Waals surface area contributed by atoms with Gasteiger partial charge in [-0.2, -0.15) is 0 Å². The molecule has 2 heterocycles. The van der Waals surface area contributed by atoms with Gasteiger partial charge in [0.15, 0.2) is 0 Å². The fourth-order valence-corrected chi connectivity index (χ4v) is 3.40. The molecule has 0 aliphatic carbocycles. The molecule has 4 heteroatoms. The number of rotatable bonds is 1. The lowest BCUT2D eigenvalue weighted by Gasteiger charge is -2.41. The summed E-state index contributed by atoms with van der Waals surface area (Å²) in [6.07, 6.45) is 2.10. The van der Waals surface area contributed by atoms with E-state index in [1.54, 1.807) is 0 Å². The zero-order valence-corrected chi connectivity index (χ0v) is 12.3. The molecule has 0 aromatic heterocycles. The average Bonchev–Trinajstić information content (AvgIpc) is 2.70. The third-order valence-electron chi connectivity index (χ3n) is 4.19. The summed E-state index contributed by atoms with van der Waals surface area (Å²) in [7, 11) is 2.01. The van der Waals surface area contributed by atoms with Crippen LogP contribution in [0.3, 0.4) is 0 Å². The largest absolute Gasteiger partial charge is 0.484 e. The van der Waals surface area contributed by atoms with Crippen LogP contribution in [0.2, 0.25) is 0 Å². The Balaban J connectivity index is 2.02. The Morgan fingerprint density at radius 2 is 2.28 bits per heavy atom. The first kappa shape index (κ1) is 12.5. The van der Waals surface area contributed by atoms with Crippen molar-refractivity contribution >= 4 is 15.9 Å². The maximum atomic E-state index is 6.29. The Labute approximate surface area is 116 Å². The van der Waals surface area contributed by atoms with E-state index in [1.807, 2.05) is 13.1 Å². The highest BCUT2D eigenvalue weighted by Gasteiger charge is 2.48. The van der Waals surface area contributed by atoms with Crippen LogP contribution in [0, 0.1) is 0 Å². The minimum atomic E-state index is -0.158. The zero-order valence-electron chi connectivity index (χ0n) is 10.7. The quantitative estimate of drug-likeness (QED) is 0.864. The lowest BCUT2D eigenvalue weighted by molar-refractivity contribution is -0.0301. The topological polar surface area (TPSA) is 30.5 Å². The molecule has 1 spiro atoms. The van der Waals surface area contributed by atoms with E-state index >= 15 is 0 Å². The molecule has 3 nitrogen and oxygen atoms in total. The SMILES string of the molecule is CNC1CC2(CCOC2C)Oc2ccc(Br)cc21. The summed E-state index contributed by atoms with van der Waals surface area (Å²) in [5, 5.41) is 3.40. The lowest BCUT2D eigenvalue weighted by Crippen LogP contribution is -2.48. The molecule has 1 aromatic rings. The van der Waals surface area contributed by atoms with Crippen LogP contribution in [0.5, 0.6) is 5.75 Å². The van der Waals surface area contributed by atoms with Crippen molar-refractivity contribution in [3.05, 3.63) is 28.2 Å². The van der Waals surface area contributed by atoms with Gasteiger partial charge in [0.1, 0.15) is 11.4 Å². The molecule has 18 heavy (non-hydrogen) atoms. The fourth-order valence-electron chi connectivity index (χ4n) is 3.02. The van der Waals surface area contributed by atoms with E-state index in [9.17, 15) is 0 Å². The van der Waals surface area contributed by atoms with Gasteiger partial charge in [-0.1, -0.05) is 15.9 Å². The second-order valence-electron chi connectivity index (χ2n) is 5.16. The van der Waals surface area contributed by atoms with Crippen molar-refractivity contribution in [2.75, 3.05) is 13.7 Å². The molecule has 0 radical (unpaired) electrons. The van der Waals surface area contributed by atoms with Crippen molar-refractivity contribution in [3.63, 3.8) is 0 Å². The Morgan fingerprint density at radius 1 is 1.44 bits per heavy atom. The zero-order chi connectivity index (χ0) is 12.8. The third kappa shape index (κ3) is 1.87. The number of hydrogen-bond acceptors (Lipinski definition) is 3. The van der Waals surface area contributed by atoms with E-state index in [-0.39, 0.29) is 11.7 Å². The molecule has 0 bridgehead atoms. The van der Waals surface area contributed by atoms with Crippen molar-refractivity contribution in [2.45, 2.75) is 37.5 Å². The van der Waals surface area contributed by atoms with Gasteiger partial charge in [0.05, 0.1) is 12.7 Å². The summed E-state index contributed by atoms with van der Waals surface area (Å²) >= 11 is 3.53. The van der Waals surface area contributed by atoms with Crippen molar-refractivity contribution in [2.24, 2.45) is 0 Å². The molecule has 3 unspecified atom stereocenters. The predicted molar refractivity (Wildman–Crippen MR) is 73.9 cm³/mol. The molecule has 3 rings (SSSR count). The summed E-state index contributed by atoms with van der Waals surface area (Å²) in [4.78, 5) is 0. The van der Waals surface area contributed by atoms with Crippen LogP contribution >= 0.6 is 15.9 Å². The van der Waals surface area contributed by atoms with Gasteiger partial charge < -0.3 is 14.8 Å².